The smallest absolute Gasteiger partial charge is 0.292 e. The highest BCUT2D eigenvalue weighted by atomic mass is 16.6. The lowest BCUT2D eigenvalue weighted by atomic mass is 10.0. The molecule has 0 aromatic heterocycles. The molecule has 2 N–H and O–H groups in total. The molecule has 0 bridgehead atoms. The first-order chi connectivity index (χ1) is 8.77. The molecule has 0 spiro atoms. The van der Waals surface area contributed by atoms with E-state index in [1.807, 2.05) is 13.8 Å². The molecule has 0 unspecified atom stereocenters. The number of aryl methyl sites for hydroxylation is 1. The number of hydrogen-bond donors (Lipinski definition) is 2. The number of nitrogens with one attached hydrogen (secondary N) is 2. The minimum absolute atomic E-state index is 0.105. The van der Waals surface area contributed by atoms with Gasteiger partial charge < -0.3 is 10.6 Å². The van der Waals surface area contributed by atoms with Gasteiger partial charge in [-0.2, -0.15) is 0 Å². The first kappa shape index (κ1) is 15.1. The number of carbonyl (C=O) groups is 1. The molecule has 1 aromatic rings. The van der Waals surface area contributed by atoms with Crippen molar-refractivity contribution < 1.29 is 9.72 Å². The van der Waals surface area contributed by atoms with Gasteiger partial charge in [0.2, 0.25) is 5.91 Å². The quantitative estimate of drug-likeness (QED) is 0.631. The van der Waals surface area contributed by atoms with Crippen LogP contribution in [0.15, 0.2) is 18.2 Å². The minimum Gasteiger partial charge on any atom is -0.319 e. The van der Waals surface area contributed by atoms with Gasteiger partial charge in [0.05, 0.1) is 10.5 Å². The van der Waals surface area contributed by atoms with Crippen LogP contribution in [0.3, 0.4) is 0 Å². The van der Waals surface area contributed by atoms with Crippen molar-refractivity contribution in [3.8, 4) is 0 Å². The van der Waals surface area contributed by atoms with E-state index in [2.05, 4.69) is 10.6 Å². The van der Waals surface area contributed by atoms with Gasteiger partial charge in [0, 0.05) is 6.07 Å². The van der Waals surface area contributed by atoms with Crippen molar-refractivity contribution >= 4 is 17.3 Å². The third-order valence-corrected chi connectivity index (χ3v) is 2.78. The predicted octanol–water partition coefficient (Wildman–Crippen LogP) is 2.23. The zero-order chi connectivity index (χ0) is 14.6. The first-order valence-electron chi connectivity index (χ1n) is 6.09. The molecule has 0 fully saturated rings. The molecule has 1 amide bonds. The highest BCUT2D eigenvalue weighted by molar-refractivity contribution is 5.99. The summed E-state index contributed by atoms with van der Waals surface area (Å²) < 4.78 is 0. The van der Waals surface area contributed by atoms with Crippen molar-refractivity contribution in [2.75, 3.05) is 11.9 Å². The lowest BCUT2D eigenvalue weighted by molar-refractivity contribution is -0.383. The molecule has 0 aliphatic carbocycles. The molecule has 19 heavy (non-hydrogen) atoms. The molecule has 0 saturated carbocycles. The number of nitro groups is 1. The molecule has 0 saturated heterocycles. The molecule has 0 radical (unpaired) electrons. The first-order valence-corrected chi connectivity index (χ1v) is 6.09. The molecule has 0 atom stereocenters. The van der Waals surface area contributed by atoms with Gasteiger partial charge >= 0.3 is 0 Å². The fourth-order valence-electron chi connectivity index (χ4n) is 1.71. The summed E-state index contributed by atoms with van der Waals surface area (Å²) >= 11 is 0. The molecular weight excluding hydrogens is 246 g/mol. The van der Waals surface area contributed by atoms with Crippen molar-refractivity contribution in [3.63, 3.8) is 0 Å². The predicted molar refractivity (Wildman–Crippen MR) is 74.2 cm³/mol. The van der Waals surface area contributed by atoms with E-state index in [1.54, 1.807) is 26.0 Å². The van der Waals surface area contributed by atoms with E-state index in [0.29, 0.717) is 6.54 Å². The number of amides is 1. The van der Waals surface area contributed by atoms with Gasteiger partial charge in [-0.05, 0) is 38.9 Å². The van der Waals surface area contributed by atoms with Crippen molar-refractivity contribution in [1.29, 1.82) is 0 Å². The van der Waals surface area contributed by atoms with Crippen molar-refractivity contribution in [3.05, 3.63) is 33.9 Å². The van der Waals surface area contributed by atoms with Crippen molar-refractivity contribution in [2.45, 2.75) is 33.2 Å². The normalized spacial score (nSPS) is 11.2. The van der Waals surface area contributed by atoms with E-state index in [0.717, 1.165) is 5.56 Å². The maximum atomic E-state index is 12.1. The molecule has 1 aromatic carbocycles. The zero-order valence-corrected chi connectivity index (χ0v) is 11.6. The minimum atomic E-state index is -0.785. The summed E-state index contributed by atoms with van der Waals surface area (Å²) in [4.78, 5) is 22.5. The lowest BCUT2D eigenvalue weighted by Gasteiger charge is -2.24. The van der Waals surface area contributed by atoms with Gasteiger partial charge in [-0.1, -0.05) is 13.0 Å². The number of carbonyl (C=O) groups excluding carboxylic acids is 1. The Morgan fingerprint density at radius 2 is 2.05 bits per heavy atom. The molecule has 0 heterocycles. The average Bonchev–Trinajstić information content (AvgIpc) is 2.28. The fraction of sp³-hybridized carbons (Fsp3) is 0.462. The Labute approximate surface area is 112 Å². The van der Waals surface area contributed by atoms with Gasteiger partial charge in [-0.3, -0.25) is 14.9 Å². The van der Waals surface area contributed by atoms with Crippen LogP contribution in [0.1, 0.15) is 26.3 Å². The van der Waals surface area contributed by atoms with E-state index < -0.39 is 10.5 Å². The topological polar surface area (TPSA) is 84.3 Å². The summed E-state index contributed by atoms with van der Waals surface area (Å²) in [7, 11) is 0. The lowest BCUT2D eigenvalue weighted by Crippen LogP contribution is -2.49. The summed E-state index contributed by atoms with van der Waals surface area (Å²) in [6, 6.07) is 4.63. The zero-order valence-electron chi connectivity index (χ0n) is 11.6. The van der Waals surface area contributed by atoms with Gasteiger partial charge in [0.15, 0.2) is 0 Å². The van der Waals surface area contributed by atoms with Crippen LogP contribution in [-0.2, 0) is 4.79 Å². The van der Waals surface area contributed by atoms with Gasteiger partial charge in [-0.25, -0.2) is 0 Å². The van der Waals surface area contributed by atoms with Crippen molar-refractivity contribution in [2.24, 2.45) is 0 Å². The van der Waals surface area contributed by atoms with E-state index in [4.69, 9.17) is 0 Å². The van der Waals surface area contributed by atoms with Crippen LogP contribution >= 0.6 is 0 Å². The second kappa shape index (κ2) is 5.79. The van der Waals surface area contributed by atoms with Crippen LogP contribution in [0.2, 0.25) is 0 Å². The van der Waals surface area contributed by atoms with E-state index in [1.165, 1.54) is 6.07 Å². The van der Waals surface area contributed by atoms with E-state index >= 15 is 0 Å². The number of nitro benzene ring substituents is 1. The third kappa shape index (κ3) is 3.75. The van der Waals surface area contributed by atoms with Gasteiger partial charge in [-0.15, -0.1) is 0 Å². The summed E-state index contributed by atoms with van der Waals surface area (Å²) in [5.74, 6) is -0.303. The SMILES string of the molecule is CCNC(C)(C)C(=O)Nc1cc(C)ccc1[N+](=O)[O-]. The molecule has 0 aliphatic rings. The van der Waals surface area contributed by atoms with E-state index in [-0.39, 0.29) is 17.3 Å². The summed E-state index contributed by atoms with van der Waals surface area (Å²) in [6.07, 6.45) is 0. The molecule has 6 nitrogen and oxygen atoms in total. The van der Waals surface area contributed by atoms with Crippen molar-refractivity contribution in [1.82, 2.24) is 5.32 Å². The molecule has 104 valence electrons. The third-order valence-electron chi connectivity index (χ3n) is 2.78. The monoisotopic (exact) mass is 265 g/mol. The van der Waals surface area contributed by atoms with Crippen LogP contribution in [-0.4, -0.2) is 22.9 Å². The van der Waals surface area contributed by atoms with Crippen LogP contribution in [0.5, 0.6) is 0 Å². The average molecular weight is 265 g/mol. The highest BCUT2D eigenvalue weighted by Crippen LogP contribution is 2.26. The standard InChI is InChI=1S/C13H19N3O3/c1-5-14-13(3,4)12(17)15-10-8-9(2)6-7-11(10)16(18)19/h6-8,14H,5H2,1-4H3,(H,15,17). The Morgan fingerprint density at radius 3 is 2.58 bits per heavy atom. The van der Waals surface area contributed by atoms with Gasteiger partial charge in [0.1, 0.15) is 5.69 Å². The summed E-state index contributed by atoms with van der Waals surface area (Å²) in [5.41, 5.74) is 0.182. The second-order valence-electron chi connectivity index (χ2n) is 4.89. The maximum Gasteiger partial charge on any atom is 0.292 e. The number of hydrogen-bond acceptors (Lipinski definition) is 4. The number of rotatable bonds is 5. The van der Waals surface area contributed by atoms with Crippen LogP contribution in [0.25, 0.3) is 0 Å². The summed E-state index contributed by atoms with van der Waals surface area (Å²) in [6.45, 7) is 7.80. The Hall–Kier alpha value is -1.95. The molecule has 6 heteroatoms. The Bertz CT molecular complexity index is 498. The molecule has 0 aliphatic heterocycles. The van der Waals surface area contributed by atoms with Gasteiger partial charge in [0.25, 0.3) is 5.69 Å². The Balaban J connectivity index is 3.02. The highest BCUT2D eigenvalue weighted by Gasteiger charge is 2.28. The number of benzene rings is 1. The number of anilines is 1. The fourth-order valence-corrected chi connectivity index (χ4v) is 1.71. The van der Waals surface area contributed by atoms with Crippen LogP contribution < -0.4 is 10.6 Å². The maximum absolute atomic E-state index is 12.1. The van der Waals surface area contributed by atoms with E-state index in [9.17, 15) is 14.9 Å². The molecule has 1 rings (SSSR count). The Kier molecular flexibility index (Phi) is 4.61. The number of likely N-dealkylation sites (N-methyl/N-ethyl adjacent to an activating group) is 1. The van der Waals surface area contributed by atoms with Crippen LogP contribution in [0, 0.1) is 17.0 Å². The number of nitrogens with zero attached hydrogens (tertiary/aromatic N) is 1. The van der Waals surface area contributed by atoms with Crippen LogP contribution in [0.4, 0.5) is 11.4 Å². The molecular formula is C13H19N3O3. The Morgan fingerprint density at radius 1 is 1.42 bits per heavy atom. The second-order valence-corrected chi connectivity index (χ2v) is 4.89. The largest absolute Gasteiger partial charge is 0.319 e. The summed E-state index contributed by atoms with van der Waals surface area (Å²) in [5, 5.41) is 16.6.